The lowest BCUT2D eigenvalue weighted by atomic mass is 10.1. The minimum atomic E-state index is 0.146. The maximum Gasteiger partial charge on any atom is 0.224 e. The summed E-state index contributed by atoms with van der Waals surface area (Å²) in [6, 6.07) is 16.5. The van der Waals surface area contributed by atoms with E-state index in [1.807, 2.05) is 35.9 Å². The minimum Gasteiger partial charge on any atom is -0.341 e. The van der Waals surface area contributed by atoms with E-state index in [1.54, 1.807) is 11.2 Å². The Morgan fingerprint density at radius 2 is 1.79 bits per heavy atom. The number of imidazole rings is 1. The van der Waals surface area contributed by atoms with Gasteiger partial charge in [0.05, 0.1) is 17.4 Å². The molecule has 0 unspecified atom stereocenters. The van der Waals surface area contributed by atoms with Gasteiger partial charge in [-0.05, 0) is 29.7 Å². The molecule has 2 aromatic carbocycles. The van der Waals surface area contributed by atoms with Gasteiger partial charge in [-0.3, -0.25) is 4.79 Å². The van der Waals surface area contributed by atoms with Crippen LogP contribution in [0, 0.1) is 0 Å². The highest BCUT2D eigenvalue weighted by Gasteiger charge is 2.10. The second-order valence-electron chi connectivity index (χ2n) is 6.10. The average Bonchev–Trinajstić information content (AvgIpc) is 3.03. The summed E-state index contributed by atoms with van der Waals surface area (Å²) >= 11 is 0. The summed E-state index contributed by atoms with van der Waals surface area (Å²) in [4.78, 5) is 18.5. The van der Waals surface area contributed by atoms with Crippen molar-refractivity contribution in [2.24, 2.45) is 0 Å². The van der Waals surface area contributed by atoms with E-state index < -0.39 is 0 Å². The van der Waals surface area contributed by atoms with Crippen molar-refractivity contribution < 1.29 is 4.79 Å². The zero-order chi connectivity index (χ0) is 16.9. The Labute approximate surface area is 142 Å². The molecule has 4 heteroatoms. The van der Waals surface area contributed by atoms with Gasteiger partial charge in [0.2, 0.25) is 5.91 Å². The van der Waals surface area contributed by atoms with Gasteiger partial charge in [-0.15, -0.1) is 0 Å². The minimum absolute atomic E-state index is 0.146. The van der Waals surface area contributed by atoms with E-state index in [1.165, 1.54) is 5.56 Å². The van der Waals surface area contributed by atoms with Crippen molar-refractivity contribution in [3.05, 3.63) is 66.0 Å². The first kappa shape index (κ1) is 16.2. The number of benzene rings is 2. The van der Waals surface area contributed by atoms with Gasteiger partial charge in [-0.1, -0.05) is 43.3 Å². The number of rotatable bonds is 6. The van der Waals surface area contributed by atoms with Crippen molar-refractivity contribution in [3.8, 4) is 0 Å². The molecule has 0 atom stereocenters. The molecule has 0 saturated carbocycles. The molecule has 0 radical (unpaired) electrons. The van der Waals surface area contributed by atoms with E-state index in [2.05, 4.69) is 36.2 Å². The predicted molar refractivity (Wildman–Crippen MR) is 96.6 cm³/mol. The van der Waals surface area contributed by atoms with Gasteiger partial charge in [0.1, 0.15) is 0 Å². The van der Waals surface area contributed by atoms with Crippen molar-refractivity contribution in [1.82, 2.24) is 14.5 Å². The quantitative estimate of drug-likeness (QED) is 0.695. The van der Waals surface area contributed by atoms with Crippen LogP contribution in [0.2, 0.25) is 0 Å². The molecule has 3 aromatic rings. The van der Waals surface area contributed by atoms with E-state index in [4.69, 9.17) is 0 Å². The second kappa shape index (κ2) is 7.30. The molecule has 0 aliphatic heterocycles. The lowest BCUT2D eigenvalue weighted by molar-refractivity contribution is -0.130. The summed E-state index contributed by atoms with van der Waals surface area (Å²) in [7, 11) is 1.86. The number of fused-ring (bicyclic) bond motifs is 1. The first-order valence-electron chi connectivity index (χ1n) is 8.39. The smallest absolute Gasteiger partial charge is 0.224 e. The molecular formula is C20H23N3O. The zero-order valence-electron chi connectivity index (χ0n) is 14.3. The Kier molecular flexibility index (Phi) is 4.94. The molecule has 0 aliphatic rings. The molecule has 24 heavy (non-hydrogen) atoms. The van der Waals surface area contributed by atoms with E-state index in [-0.39, 0.29) is 5.91 Å². The molecule has 3 rings (SSSR count). The molecule has 1 aromatic heterocycles. The van der Waals surface area contributed by atoms with E-state index >= 15 is 0 Å². The number of para-hydroxylation sites is 2. The van der Waals surface area contributed by atoms with Crippen LogP contribution < -0.4 is 0 Å². The predicted octanol–water partition coefficient (Wildman–Crippen LogP) is 3.65. The molecular weight excluding hydrogens is 298 g/mol. The fourth-order valence-electron chi connectivity index (χ4n) is 2.84. The van der Waals surface area contributed by atoms with Crippen LogP contribution in [-0.2, 0) is 24.3 Å². The van der Waals surface area contributed by atoms with E-state index in [0.29, 0.717) is 19.5 Å². The van der Waals surface area contributed by atoms with Crippen LogP contribution in [0.4, 0.5) is 0 Å². The summed E-state index contributed by atoms with van der Waals surface area (Å²) < 4.78 is 2.04. The fourth-order valence-corrected chi connectivity index (χ4v) is 2.84. The van der Waals surface area contributed by atoms with Crippen LogP contribution in [0.25, 0.3) is 11.0 Å². The maximum absolute atomic E-state index is 12.4. The number of hydrogen-bond acceptors (Lipinski definition) is 2. The zero-order valence-corrected chi connectivity index (χ0v) is 14.3. The third-order valence-electron chi connectivity index (χ3n) is 4.37. The van der Waals surface area contributed by atoms with Crippen LogP contribution in [0.15, 0.2) is 54.9 Å². The SMILES string of the molecule is CCc1ccc(CN(C)C(=O)CCn2cnc3ccccc32)cc1. The van der Waals surface area contributed by atoms with Crippen LogP contribution in [-0.4, -0.2) is 27.4 Å². The topological polar surface area (TPSA) is 38.1 Å². The molecule has 0 N–H and O–H groups in total. The first-order chi connectivity index (χ1) is 11.7. The summed E-state index contributed by atoms with van der Waals surface area (Å²) in [5.41, 5.74) is 4.52. The van der Waals surface area contributed by atoms with Gasteiger partial charge in [0.25, 0.3) is 0 Å². The number of nitrogens with zero attached hydrogens (tertiary/aromatic N) is 3. The highest BCUT2D eigenvalue weighted by molar-refractivity contribution is 5.77. The molecule has 0 aliphatic carbocycles. The number of aromatic nitrogens is 2. The average molecular weight is 321 g/mol. The molecule has 1 amide bonds. The van der Waals surface area contributed by atoms with Crippen LogP contribution in [0.1, 0.15) is 24.5 Å². The van der Waals surface area contributed by atoms with Crippen molar-refractivity contribution in [2.75, 3.05) is 7.05 Å². The van der Waals surface area contributed by atoms with Crippen LogP contribution in [0.5, 0.6) is 0 Å². The third kappa shape index (κ3) is 3.65. The highest BCUT2D eigenvalue weighted by Crippen LogP contribution is 2.13. The van der Waals surface area contributed by atoms with E-state index in [0.717, 1.165) is 23.0 Å². The molecule has 0 saturated heterocycles. The van der Waals surface area contributed by atoms with Gasteiger partial charge >= 0.3 is 0 Å². The summed E-state index contributed by atoms with van der Waals surface area (Å²) in [5.74, 6) is 0.146. The summed E-state index contributed by atoms with van der Waals surface area (Å²) in [6.07, 6.45) is 3.32. The number of carbonyl (C=O) groups is 1. The van der Waals surface area contributed by atoms with Gasteiger partial charge < -0.3 is 9.47 Å². The largest absolute Gasteiger partial charge is 0.341 e. The van der Waals surface area contributed by atoms with E-state index in [9.17, 15) is 4.79 Å². The number of amides is 1. The molecule has 0 fully saturated rings. The molecule has 1 heterocycles. The Morgan fingerprint density at radius 3 is 2.54 bits per heavy atom. The van der Waals surface area contributed by atoms with Crippen LogP contribution >= 0.6 is 0 Å². The van der Waals surface area contributed by atoms with Gasteiger partial charge in [0, 0.05) is 26.6 Å². The lowest BCUT2D eigenvalue weighted by Crippen LogP contribution is -2.27. The summed E-state index contributed by atoms with van der Waals surface area (Å²) in [6.45, 7) is 3.44. The number of hydrogen-bond donors (Lipinski definition) is 0. The third-order valence-corrected chi connectivity index (χ3v) is 4.37. The second-order valence-corrected chi connectivity index (χ2v) is 6.10. The fraction of sp³-hybridized carbons (Fsp3) is 0.300. The summed E-state index contributed by atoms with van der Waals surface area (Å²) in [5, 5.41) is 0. The number of carbonyl (C=O) groups excluding carboxylic acids is 1. The Morgan fingerprint density at radius 1 is 1.08 bits per heavy atom. The first-order valence-corrected chi connectivity index (χ1v) is 8.39. The normalized spacial score (nSPS) is 10.9. The Bertz CT molecular complexity index is 820. The molecule has 0 bridgehead atoms. The lowest BCUT2D eigenvalue weighted by Gasteiger charge is -2.18. The Hall–Kier alpha value is -2.62. The number of aryl methyl sites for hydroxylation is 2. The van der Waals surface area contributed by atoms with Crippen molar-refractivity contribution in [3.63, 3.8) is 0 Å². The molecule has 124 valence electrons. The monoisotopic (exact) mass is 321 g/mol. The molecule has 0 spiro atoms. The van der Waals surface area contributed by atoms with Gasteiger partial charge in [-0.2, -0.15) is 0 Å². The van der Waals surface area contributed by atoms with Crippen LogP contribution in [0.3, 0.4) is 0 Å². The van der Waals surface area contributed by atoms with Gasteiger partial charge in [0.15, 0.2) is 0 Å². The highest BCUT2D eigenvalue weighted by atomic mass is 16.2. The van der Waals surface area contributed by atoms with Crippen molar-refractivity contribution in [1.29, 1.82) is 0 Å². The molecule has 4 nitrogen and oxygen atoms in total. The Balaban J connectivity index is 1.57. The standard InChI is InChI=1S/C20H23N3O/c1-3-16-8-10-17(11-9-16)14-22(2)20(24)12-13-23-15-21-18-6-4-5-7-19(18)23/h4-11,15H,3,12-14H2,1-2H3. The van der Waals surface area contributed by atoms with Crippen molar-refractivity contribution in [2.45, 2.75) is 32.9 Å². The maximum atomic E-state index is 12.4. The van der Waals surface area contributed by atoms with Crippen molar-refractivity contribution >= 4 is 16.9 Å². The van der Waals surface area contributed by atoms with Gasteiger partial charge in [-0.25, -0.2) is 4.98 Å².